The third-order valence-corrected chi connectivity index (χ3v) is 4.67. The molecule has 3 rings (SSSR count). The lowest BCUT2D eigenvalue weighted by molar-refractivity contribution is -0.383. The first-order chi connectivity index (χ1) is 11.6. The number of rotatable bonds is 4. The van der Waals surface area contributed by atoms with E-state index in [-0.39, 0.29) is 22.8 Å². The van der Waals surface area contributed by atoms with E-state index in [1.807, 2.05) is 5.38 Å². The maximum absolute atomic E-state index is 12.6. The highest BCUT2D eigenvalue weighted by Gasteiger charge is 2.26. The fourth-order valence-corrected chi connectivity index (χ4v) is 3.27. The van der Waals surface area contributed by atoms with Crippen molar-refractivity contribution in [2.24, 2.45) is 0 Å². The predicted octanol–water partition coefficient (Wildman–Crippen LogP) is 1.59. The fraction of sp³-hybridized carbons (Fsp3) is 0.333. The molecular formula is C15H17N5O3S. The van der Waals surface area contributed by atoms with Gasteiger partial charge in [-0.15, -0.1) is 11.3 Å². The Labute approximate surface area is 142 Å². The molecule has 0 bridgehead atoms. The van der Waals surface area contributed by atoms with Crippen molar-refractivity contribution in [3.05, 3.63) is 50.5 Å². The number of nitro groups is 1. The number of nitro benzene ring substituents is 1. The van der Waals surface area contributed by atoms with Crippen LogP contribution in [-0.2, 0) is 6.54 Å². The quantitative estimate of drug-likeness (QED) is 0.511. The lowest BCUT2D eigenvalue weighted by Gasteiger charge is -2.34. The summed E-state index contributed by atoms with van der Waals surface area (Å²) < 4.78 is 0. The molecule has 2 heterocycles. The Morgan fingerprint density at radius 3 is 2.71 bits per heavy atom. The molecule has 0 saturated carbocycles. The van der Waals surface area contributed by atoms with Crippen LogP contribution < -0.4 is 5.73 Å². The number of nitrogens with two attached hydrogens (primary N) is 1. The van der Waals surface area contributed by atoms with Crippen LogP contribution in [0.3, 0.4) is 0 Å². The number of hydrogen-bond acceptors (Lipinski definition) is 7. The van der Waals surface area contributed by atoms with Crippen molar-refractivity contribution in [3.8, 4) is 0 Å². The van der Waals surface area contributed by atoms with Gasteiger partial charge in [-0.2, -0.15) is 0 Å². The minimum absolute atomic E-state index is 0.0718. The first-order valence-corrected chi connectivity index (χ1v) is 8.42. The number of anilines is 1. The molecule has 0 radical (unpaired) electrons. The third kappa shape index (κ3) is 3.36. The monoisotopic (exact) mass is 347 g/mol. The Kier molecular flexibility index (Phi) is 4.72. The van der Waals surface area contributed by atoms with Crippen LogP contribution in [0.25, 0.3) is 0 Å². The number of piperazine rings is 1. The Bertz CT molecular complexity index is 742. The van der Waals surface area contributed by atoms with E-state index in [1.54, 1.807) is 21.7 Å². The van der Waals surface area contributed by atoms with E-state index in [4.69, 9.17) is 5.73 Å². The minimum Gasteiger partial charge on any atom is -0.393 e. The molecule has 8 nitrogen and oxygen atoms in total. The average molecular weight is 347 g/mol. The molecule has 1 aliphatic rings. The van der Waals surface area contributed by atoms with Gasteiger partial charge in [0.15, 0.2) is 0 Å². The summed E-state index contributed by atoms with van der Waals surface area (Å²) in [6.07, 6.45) is 0. The molecule has 0 atom stereocenters. The van der Waals surface area contributed by atoms with Gasteiger partial charge in [-0.1, -0.05) is 6.07 Å². The Balaban J connectivity index is 1.65. The van der Waals surface area contributed by atoms with Crippen molar-refractivity contribution < 1.29 is 9.72 Å². The highest BCUT2D eigenvalue weighted by atomic mass is 32.1. The van der Waals surface area contributed by atoms with Gasteiger partial charge in [0.25, 0.3) is 11.6 Å². The molecule has 24 heavy (non-hydrogen) atoms. The summed E-state index contributed by atoms with van der Waals surface area (Å²) in [5.41, 5.74) is 8.53. The molecule has 0 aliphatic carbocycles. The van der Waals surface area contributed by atoms with Gasteiger partial charge in [-0.3, -0.25) is 19.8 Å². The second kappa shape index (κ2) is 6.93. The van der Waals surface area contributed by atoms with E-state index in [9.17, 15) is 14.9 Å². The average Bonchev–Trinajstić information content (AvgIpc) is 3.08. The van der Waals surface area contributed by atoms with Gasteiger partial charge in [0.1, 0.15) is 5.69 Å². The van der Waals surface area contributed by atoms with Crippen LogP contribution in [0.2, 0.25) is 0 Å². The van der Waals surface area contributed by atoms with Gasteiger partial charge in [0, 0.05) is 44.2 Å². The van der Waals surface area contributed by atoms with E-state index < -0.39 is 4.92 Å². The zero-order valence-corrected chi connectivity index (χ0v) is 13.7. The molecule has 2 aromatic rings. The molecule has 0 spiro atoms. The van der Waals surface area contributed by atoms with E-state index in [0.717, 1.165) is 25.3 Å². The summed E-state index contributed by atoms with van der Waals surface area (Å²) in [4.78, 5) is 31.2. The van der Waals surface area contributed by atoms with Crippen LogP contribution >= 0.6 is 11.3 Å². The van der Waals surface area contributed by atoms with Crippen molar-refractivity contribution in [2.45, 2.75) is 6.54 Å². The number of hydrogen-bond donors (Lipinski definition) is 1. The Hall–Kier alpha value is -2.52. The summed E-state index contributed by atoms with van der Waals surface area (Å²) >= 11 is 1.56. The molecule has 1 fully saturated rings. The first-order valence-electron chi connectivity index (χ1n) is 7.48. The maximum Gasteiger partial charge on any atom is 0.292 e. The number of carbonyl (C=O) groups is 1. The standard InChI is InChI=1S/C15H17N5O3S/c16-14-12(2-1-3-13(14)20(22)23)15(21)19-6-4-18(5-7-19)8-11-9-24-10-17-11/h1-3,9-10H,4-8,16H2. The predicted molar refractivity (Wildman–Crippen MR) is 90.8 cm³/mol. The van der Waals surface area contributed by atoms with Crippen LogP contribution in [0, 0.1) is 10.1 Å². The number of nitrogens with zero attached hydrogens (tertiary/aromatic N) is 4. The van der Waals surface area contributed by atoms with E-state index in [0.29, 0.717) is 13.1 Å². The van der Waals surface area contributed by atoms with Crippen LogP contribution in [0.1, 0.15) is 16.1 Å². The number of carbonyl (C=O) groups excluding carboxylic acids is 1. The highest BCUT2D eigenvalue weighted by molar-refractivity contribution is 7.07. The van der Waals surface area contributed by atoms with Crippen LogP contribution in [0.15, 0.2) is 29.1 Å². The molecule has 2 N–H and O–H groups in total. The molecule has 126 valence electrons. The summed E-state index contributed by atoms with van der Waals surface area (Å²) in [7, 11) is 0. The SMILES string of the molecule is Nc1c(C(=O)N2CCN(Cc3cscn3)CC2)cccc1[N+](=O)[O-]. The van der Waals surface area contributed by atoms with E-state index in [2.05, 4.69) is 9.88 Å². The summed E-state index contributed by atoms with van der Waals surface area (Å²) in [6.45, 7) is 3.36. The van der Waals surface area contributed by atoms with Gasteiger partial charge >= 0.3 is 0 Å². The topological polar surface area (TPSA) is 106 Å². The summed E-state index contributed by atoms with van der Waals surface area (Å²) in [5.74, 6) is -0.260. The highest BCUT2D eigenvalue weighted by Crippen LogP contribution is 2.26. The van der Waals surface area contributed by atoms with Gasteiger partial charge in [0.05, 0.1) is 21.7 Å². The number of benzene rings is 1. The first kappa shape index (κ1) is 16.3. The molecule has 1 aromatic carbocycles. The van der Waals surface area contributed by atoms with Gasteiger partial charge in [-0.05, 0) is 6.07 Å². The zero-order valence-electron chi connectivity index (χ0n) is 12.9. The fourth-order valence-electron chi connectivity index (χ4n) is 2.72. The number of para-hydroxylation sites is 1. The lowest BCUT2D eigenvalue weighted by Crippen LogP contribution is -2.48. The Morgan fingerprint density at radius 1 is 1.33 bits per heavy atom. The van der Waals surface area contributed by atoms with Crippen molar-refractivity contribution in [1.29, 1.82) is 0 Å². The smallest absolute Gasteiger partial charge is 0.292 e. The van der Waals surface area contributed by atoms with Gasteiger partial charge in [0.2, 0.25) is 0 Å². The van der Waals surface area contributed by atoms with Gasteiger partial charge in [-0.25, -0.2) is 4.98 Å². The Morgan fingerprint density at radius 2 is 2.08 bits per heavy atom. The van der Waals surface area contributed by atoms with Gasteiger partial charge < -0.3 is 10.6 Å². The normalized spacial score (nSPS) is 15.4. The molecule has 1 amide bonds. The third-order valence-electron chi connectivity index (χ3n) is 4.04. The van der Waals surface area contributed by atoms with Crippen molar-refractivity contribution in [2.75, 3.05) is 31.9 Å². The van der Waals surface area contributed by atoms with Crippen LogP contribution in [0.5, 0.6) is 0 Å². The second-order valence-electron chi connectivity index (χ2n) is 5.54. The molecule has 1 aliphatic heterocycles. The number of nitrogen functional groups attached to an aromatic ring is 1. The van der Waals surface area contributed by atoms with E-state index in [1.165, 1.54) is 18.2 Å². The van der Waals surface area contributed by atoms with Crippen LogP contribution in [-0.4, -0.2) is 51.8 Å². The zero-order chi connectivity index (χ0) is 17.1. The maximum atomic E-state index is 12.6. The van der Waals surface area contributed by atoms with Crippen molar-refractivity contribution >= 4 is 28.6 Å². The van der Waals surface area contributed by atoms with Crippen LogP contribution in [0.4, 0.5) is 11.4 Å². The van der Waals surface area contributed by atoms with E-state index >= 15 is 0 Å². The molecule has 9 heteroatoms. The molecular weight excluding hydrogens is 330 g/mol. The lowest BCUT2D eigenvalue weighted by atomic mass is 10.1. The van der Waals surface area contributed by atoms with Crippen molar-refractivity contribution in [3.63, 3.8) is 0 Å². The minimum atomic E-state index is -0.572. The number of aromatic nitrogens is 1. The molecule has 0 unspecified atom stereocenters. The number of amides is 1. The summed E-state index contributed by atoms with van der Waals surface area (Å²) in [6, 6.07) is 4.32. The largest absolute Gasteiger partial charge is 0.393 e. The molecule has 1 aromatic heterocycles. The number of thiazole rings is 1. The summed E-state index contributed by atoms with van der Waals surface area (Å²) in [5, 5.41) is 13.0. The van der Waals surface area contributed by atoms with Crippen molar-refractivity contribution in [1.82, 2.24) is 14.8 Å². The second-order valence-corrected chi connectivity index (χ2v) is 6.26. The molecule has 1 saturated heterocycles.